The molecule has 0 spiro atoms. The van der Waals surface area contributed by atoms with Gasteiger partial charge in [0.2, 0.25) is 0 Å². The van der Waals surface area contributed by atoms with Crippen molar-refractivity contribution in [1.82, 2.24) is 10.2 Å². The summed E-state index contributed by atoms with van der Waals surface area (Å²) in [6.07, 6.45) is 0. The lowest BCUT2D eigenvalue weighted by atomic mass is 9.98. The number of nitrogens with zero attached hydrogens (tertiary/aromatic N) is 1. The molecule has 0 aliphatic carbocycles. The summed E-state index contributed by atoms with van der Waals surface area (Å²) in [5.41, 5.74) is 1.10. The zero-order valence-electron chi connectivity index (χ0n) is 13.0. The van der Waals surface area contributed by atoms with Crippen LogP contribution in [-0.2, 0) is 0 Å². The first-order chi connectivity index (χ1) is 10.2. The third kappa shape index (κ3) is 3.73. The van der Waals surface area contributed by atoms with Gasteiger partial charge in [-0.2, -0.15) is 0 Å². The van der Waals surface area contributed by atoms with E-state index in [9.17, 15) is 5.11 Å². The maximum absolute atomic E-state index is 9.72. The summed E-state index contributed by atoms with van der Waals surface area (Å²) in [7, 11) is 5.76. The monoisotopic (exact) mass is 288 g/mol. The van der Waals surface area contributed by atoms with Gasteiger partial charge in [-0.15, -0.1) is 0 Å². The first kappa shape index (κ1) is 15.8. The summed E-state index contributed by atoms with van der Waals surface area (Å²) < 4.78 is 5.42. The molecular weight excluding hydrogens is 264 g/mol. The summed E-state index contributed by atoms with van der Waals surface area (Å²) in [5.74, 6) is 0.860. The highest BCUT2D eigenvalue weighted by molar-refractivity contribution is 5.91. The Morgan fingerprint density at radius 2 is 1.86 bits per heavy atom. The predicted molar refractivity (Wildman–Crippen MR) is 86.9 cm³/mol. The molecule has 1 atom stereocenters. The van der Waals surface area contributed by atoms with E-state index in [2.05, 4.69) is 16.3 Å². The van der Waals surface area contributed by atoms with Crippen molar-refractivity contribution in [2.45, 2.75) is 6.04 Å². The van der Waals surface area contributed by atoms with Crippen LogP contribution in [0.1, 0.15) is 11.6 Å². The maximum atomic E-state index is 9.72. The molecule has 1 unspecified atom stereocenters. The first-order valence-electron chi connectivity index (χ1n) is 7.22. The summed E-state index contributed by atoms with van der Waals surface area (Å²) in [6, 6.07) is 12.1. The highest BCUT2D eigenvalue weighted by Gasteiger charge is 2.14. The lowest BCUT2D eigenvalue weighted by molar-refractivity contribution is 0.241. The average molecular weight is 288 g/mol. The highest BCUT2D eigenvalue weighted by Crippen LogP contribution is 2.31. The second-order valence-corrected chi connectivity index (χ2v) is 5.40. The van der Waals surface area contributed by atoms with Gasteiger partial charge in [-0.3, -0.25) is 0 Å². The van der Waals surface area contributed by atoms with Crippen molar-refractivity contribution < 1.29 is 9.84 Å². The second-order valence-electron chi connectivity index (χ2n) is 5.40. The highest BCUT2D eigenvalue weighted by atomic mass is 16.5. The van der Waals surface area contributed by atoms with Crippen molar-refractivity contribution in [3.05, 3.63) is 42.0 Å². The van der Waals surface area contributed by atoms with Gasteiger partial charge in [0.05, 0.1) is 19.8 Å². The summed E-state index contributed by atoms with van der Waals surface area (Å²) in [6.45, 7) is 1.84. The van der Waals surface area contributed by atoms with E-state index in [1.54, 1.807) is 7.11 Å². The number of methoxy groups -OCH3 is 1. The smallest absolute Gasteiger partial charge is 0.126 e. The molecule has 0 saturated carbocycles. The molecule has 2 N–H and O–H groups in total. The van der Waals surface area contributed by atoms with Gasteiger partial charge < -0.3 is 20.1 Å². The average Bonchev–Trinajstić information content (AvgIpc) is 2.50. The number of nitrogens with one attached hydrogen (secondary N) is 1. The molecule has 0 heterocycles. The van der Waals surface area contributed by atoms with Crippen LogP contribution in [0.4, 0.5) is 0 Å². The van der Waals surface area contributed by atoms with E-state index in [-0.39, 0.29) is 12.6 Å². The number of aliphatic hydroxyl groups is 1. The van der Waals surface area contributed by atoms with E-state index in [1.165, 1.54) is 0 Å². The van der Waals surface area contributed by atoms with Crippen LogP contribution in [0.2, 0.25) is 0 Å². The van der Waals surface area contributed by atoms with Crippen LogP contribution in [0.15, 0.2) is 36.4 Å². The van der Waals surface area contributed by atoms with Crippen molar-refractivity contribution in [2.75, 3.05) is 40.9 Å². The number of aliphatic hydroxyl groups excluding tert-OH is 1. The number of rotatable bonds is 7. The topological polar surface area (TPSA) is 44.7 Å². The summed E-state index contributed by atoms with van der Waals surface area (Å²) in [4.78, 5) is 2.12. The quantitative estimate of drug-likeness (QED) is 0.818. The van der Waals surface area contributed by atoms with Crippen LogP contribution in [-0.4, -0.2) is 50.9 Å². The number of likely N-dealkylation sites (N-methyl/N-ethyl adjacent to an activating group) is 1. The van der Waals surface area contributed by atoms with Gasteiger partial charge in [0, 0.05) is 18.5 Å². The SMILES string of the molecule is COc1ccc(C(CO)NCCN(C)C)c2ccccc12. The van der Waals surface area contributed by atoms with Crippen molar-refractivity contribution >= 4 is 10.8 Å². The number of hydrogen-bond donors (Lipinski definition) is 2. The van der Waals surface area contributed by atoms with Crippen molar-refractivity contribution in [3.63, 3.8) is 0 Å². The molecule has 4 nitrogen and oxygen atoms in total. The molecule has 0 aromatic heterocycles. The van der Waals surface area contributed by atoms with E-state index in [0.717, 1.165) is 35.2 Å². The maximum Gasteiger partial charge on any atom is 0.126 e. The lowest BCUT2D eigenvalue weighted by Crippen LogP contribution is -2.31. The van der Waals surface area contributed by atoms with E-state index >= 15 is 0 Å². The molecule has 0 fully saturated rings. The number of fused-ring (bicyclic) bond motifs is 1. The third-order valence-corrected chi connectivity index (χ3v) is 3.65. The van der Waals surface area contributed by atoms with Crippen LogP contribution in [0.3, 0.4) is 0 Å². The molecule has 2 aromatic rings. The predicted octanol–water partition coefficient (Wildman–Crippen LogP) is 2.03. The Kier molecular flexibility index (Phi) is 5.56. The Morgan fingerprint density at radius 3 is 2.48 bits per heavy atom. The molecule has 2 aromatic carbocycles. The van der Waals surface area contributed by atoms with Gasteiger partial charge in [0.25, 0.3) is 0 Å². The zero-order chi connectivity index (χ0) is 15.2. The Morgan fingerprint density at radius 1 is 1.14 bits per heavy atom. The lowest BCUT2D eigenvalue weighted by Gasteiger charge is -2.21. The minimum absolute atomic E-state index is 0.0687. The Labute approximate surface area is 126 Å². The van der Waals surface area contributed by atoms with Gasteiger partial charge in [-0.25, -0.2) is 0 Å². The van der Waals surface area contributed by atoms with E-state index in [0.29, 0.717) is 0 Å². The summed E-state index contributed by atoms with van der Waals surface area (Å²) in [5, 5.41) is 15.3. The fraction of sp³-hybridized carbons (Fsp3) is 0.412. The third-order valence-electron chi connectivity index (χ3n) is 3.65. The van der Waals surface area contributed by atoms with Crippen LogP contribution in [0.5, 0.6) is 5.75 Å². The largest absolute Gasteiger partial charge is 0.496 e. The molecule has 2 rings (SSSR count). The fourth-order valence-corrected chi connectivity index (χ4v) is 2.51. The van der Waals surface area contributed by atoms with Gasteiger partial charge >= 0.3 is 0 Å². The van der Waals surface area contributed by atoms with Gasteiger partial charge in [-0.05, 0) is 31.1 Å². The van der Waals surface area contributed by atoms with Crippen molar-refractivity contribution in [1.29, 1.82) is 0 Å². The molecule has 0 bridgehead atoms. The van der Waals surface area contributed by atoms with Crippen molar-refractivity contribution in [3.8, 4) is 5.75 Å². The van der Waals surface area contributed by atoms with Crippen LogP contribution in [0, 0.1) is 0 Å². The van der Waals surface area contributed by atoms with E-state index < -0.39 is 0 Å². The zero-order valence-corrected chi connectivity index (χ0v) is 13.0. The molecule has 0 aliphatic rings. The minimum Gasteiger partial charge on any atom is -0.496 e. The molecule has 4 heteroatoms. The first-order valence-corrected chi connectivity index (χ1v) is 7.22. The van der Waals surface area contributed by atoms with E-state index in [4.69, 9.17) is 4.74 Å². The molecule has 0 saturated heterocycles. The molecule has 21 heavy (non-hydrogen) atoms. The van der Waals surface area contributed by atoms with E-state index in [1.807, 2.05) is 44.4 Å². The van der Waals surface area contributed by atoms with Crippen molar-refractivity contribution in [2.24, 2.45) is 0 Å². The molecule has 0 amide bonds. The van der Waals surface area contributed by atoms with Gasteiger partial charge in [0.15, 0.2) is 0 Å². The van der Waals surface area contributed by atoms with Crippen LogP contribution >= 0.6 is 0 Å². The number of benzene rings is 2. The minimum atomic E-state index is -0.0687. The Balaban J connectivity index is 2.31. The normalized spacial score (nSPS) is 12.8. The molecule has 0 aliphatic heterocycles. The molecular formula is C17H24N2O2. The Bertz CT molecular complexity index is 584. The number of hydrogen-bond acceptors (Lipinski definition) is 4. The van der Waals surface area contributed by atoms with Gasteiger partial charge in [0.1, 0.15) is 5.75 Å². The van der Waals surface area contributed by atoms with Gasteiger partial charge in [-0.1, -0.05) is 30.3 Å². The van der Waals surface area contributed by atoms with Crippen LogP contribution in [0.25, 0.3) is 10.8 Å². The summed E-state index contributed by atoms with van der Waals surface area (Å²) >= 11 is 0. The molecule has 114 valence electrons. The van der Waals surface area contributed by atoms with Crippen LogP contribution < -0.4 is 10.1 Å². The second kappa shape index (κ2) is 7.41. The fourth-order valence-electron chi connectivity index (χ4n) is 2.51. The number of ether oxygens (including phenoxy) is 1. The standard InChI is InChI=1S/C17H24N2O2/c1-19(2)11-10-18-16(12-20)14-8-9-17(21-3)15-7-5-4-6-13(14)15/h4-9,16,18,20H,10-12H2,1-3H3. The molecule has 0 radical (unpaired) electrons. The Hall–Kier alpha value is -1.62.